The summed E-state index contributed by atoms with van der Waals surface area (Å²) < 4.78 is 5.07. The Morgan fingerprint density at radius 3 is 2.35 bits per heavy atom. The first-order chi connectivity index (χ1) is 7.86. The van der Waals surface area contributed by atoms with E-state index in [1.54, 1.807) is 14.0 Å². The molecule has 1 rings (SSSR count). The van der Waals surface area contributed by atoms with Gasteiger partial charge in [0.2, 0.25) is 5.91 Å². The van der Waals surface area contributed by atoms with Crippen LogP contribution in [0.5, 0.6) is 5.75 Å². The van der Waals surface area contributed by atoms with Crippen LogP contribution < -0.4 is 21.1 Å². The third-order valence-corrected chi connectivity index (χ3v) is 2.64. The van der Waals surface area contributed by atoms with E-state index in [-0.39, 0.29) is 0 Å². The number of nitrogens with zero attached hydrogens (tertiary/aromatic N) is 1. The highest BCUT2D eigenvalue weighted by Gasteiger charge is 2.27. The topological polar surface area (TPSA) is 81.6 Å². The van der Waals surface area contributed by atoms with Crippen molar-refractivity contribution in [3.8, 4) is 5.75 Å². The summed E-state index contributed by atoms with van der Waals surface area (Å²) in [5.74, 6) is 0.269. The number of hydrogen-bond donors (Lipinski definition) is 2. The number of carbonyl (C=O) groups is 1. The number of likely N-dealkylation sites (N-methyl/N-ethyl adjacent to an activating group) is 1. The summed E-state index contributed by atoms with van der Waals surface area (Å²) in [5, 5.41) is 0. The van der Waals surface area contributed by atoms with Crippen molar-refractivity contribution in [2.24, 2.45) is 11.5 Å². The number of amides is 1. The molecule has 5 nitrogen and oxygen atoms in total. The van der Waals surface area contributed by atoms with E-state index in [9.17, 15) is 4.79 Å². The minimum Gasteiger partial charge on any atom is -0.497 e. The summed E-state index contributed by atoms with van der Waals surface area (Å²) in [7, 11) is 3.47. The molecule has 1 atom stereocenters. The number of methoxy groups -OCH3 is 1. The van der Waals surface area contributed by atoms with Crippen molar-refractivity contribution in [2.45, 2.75) is 12.5 Å². The van der Waals surface area contributed by atoms with Crippen LogP contribution in [-0.4, -0.2) is 32.1 Å². The number of anilines is 1. The largest absolute Gasteiger partial charge is 0.497 e. The van der Waals surface area contributed by atoms with Crippen molar-refractivity contribution in [1.29, 1.82) is 0 Å². The molecule has 1 aromatic rings. The Morgan fingerprint density at radius 2 is 1.94 bits per heavy atom. The first-order valence-corrected chi connectivity index (χ1v) is 5.31. The molecule has 0 saturated carbocycles. The van der Waals surface area contributed by atoms with Crippen LogP contribution in [0, 0.1) is 0 Å². The normalized spacial score (nSPS) is 13.9. The number of hydrogen-bond acceptors (Lipinski definition) is 4. The monoisotopic (exact) mass is 237 g/mol. The predicted molar refractivity (Wildman–Crippen MR) is 68.1 cm³/mol. The summed E-state index contributed by atoms with van der Waals surface area (Å²) in [6.45, 7) is 1.98. The first-order valence-electron chi connectivity index (χ1n) is 5.31. The second-order valence-electron chi connectivity index (χ2n) is 4.34. The molecule has 17 heavy (non-hydrogen) atoms. The molecule has 0 radical (unpaired) electrons. The number of ether oxygens (including phenoxy) is 1. The van der Waals surface area contributed by atoms with Crippen LogP contribution in [0.25, 0.3) is 0 Å². The van der Waals surface area contributed by atoms with Crippen molar-refractivity contribution in [1.82, 2.24) is 0 Å². The molecule has 0 saturated heterocycles. The summed E-state index contributed by atoms with van der Waals surface area (Å²) >= 11 is 0. The van der Waals surface area contributed by atoms with Crippen LogP contribution in [0.1, 0.15) is 6.92 Å². The Labute approximate surface area is 101 Å². The maximum atomic E-state index is 11.1. The van der Waals surface area contributed by atoms with Gasteiger partial charge >= 0.3 is 0 Å². The van der Waals surface area contributed by atoms with E-state index in [0.717, 1.165) is 11.4 Å². The van der Waals surface area contributed by atoms with E-state index in [2.05, 4.69) is 0 Å². The molecule has 0 heterocycles. The van der Waals surface area contributed by atoms with E-state index in [0.29, 0.717) is 6.54 Å². The number of benzene rings is 1. The second kappa shape index (κ2) is 5.05. The van der Waals surface area contributed by atoms with E-state index in [1.165, 1.54) is 0 Å². The molecule has 0 fully saturated rings. The second-order valence-corrected chi connectivity index (χ2v) is 4.34. The van der Waals surface area contributed by atoms with E-state index >= 15 is 0 Å². The van der Waals surface area contributed by atoms with Crippen molar-refractivity contribution in [3.63, 3.8) is 0 Å². The lowest BCUT2D eigenvalue weighted by Crippen LogP contribution is -2.56. The zero-order valence-corrected chi connectivity index (χ0v) is 10.4. The lowest BCUT2D eigenvalue weighted by Gasteiger charge is -2.28. The van der Waals surface area contributed by atoms with Gasteiger partial charge in [-0.15, -0.1) is 0 Å². The quantitative estimate of drug-likeness (QED) is 0.773. The fourth-order valence-corrected chi connectivity index (χ4v) is 1.50. The molecule has 94 valence electrons. The third-order valence-electron chi connectivity index (χ3n) is 2.64. The van der Waals surface area contributed by atoms with Gasteiger partial charge in [0, 0.05) is 19.3 Å². The molecule has 0 bridgehead atoms. The molecule has 0 aliphatic carbocycles. The highest BCUT2D eigenvalue weighted by molar-refractivity contribution is 5.84. The molecule has 1 unspecified atom stereocenters. The Kier molecular flexibility index (Phi) is 3.96. The van der Waals surface area contributed by atoms with Gasteiger partial charge < -0.3 is 21.1 Å². The summed E-state index contributed by atoms with van der Waals surface area (Å²) in [6, 6.07) is 7.50. The summed E-state index contributed by atoms with van der Waals surface area (Å²) in [5.41, 5.74) is 10.9. The predicted octanol–water partition coefficient (Wildman–Crippen LogP) is 0.334. The van der Waals surface area contributed by atoms with Gasteiger partial charge in [0.1, 0.15) is 11.3 Å². The van der Waals surface area contributed by atoms with Crippen molar-refractivity contribution >= 4 is 11.6 Å². The van der Waals surface area contributed by atoms with Crippen LogP contribution in [0.3, 0.4) is 0 Å². The Morgan fingerprint density at radius 1 is 1.41 bits per heavy atom. The van der Waals surface area contributed by atoms with Crippen LogP contribution in [0.2, 0.25) is 0 Å². The van der Waals surface area contributed by atoms with Gasteiger partial charge in [-0.05, 0) is 31.2 Å². The minimum atomic E-state index is -1.05. The highest BCUT2D eigenvalue weighted by atomic mass is 16.5. The van der Waals surface area contributed by atoms with Gasteiger partial charge in [0.15, 0.2) is 0 Å². The van der Waals surface area contributed by atoms with Crippen LogP contribution in [0.4, 0.5) is 5.69 Å². The average molecular weight is 237 g/mol. The van der Waals surface area contributed by atoms with Gasteiger partial charge in [0.05, 0.1) is 7.11 Å². The summed E-state index contributed by atoms with van der Waals surface area (Å²) in [4.78, 5) is 13.0. The number of nitrogens with two attached hydrogens (primary N) is 2. The molecule has 0 aliphatic rings. The Bertz CT molecular complexity index is 387. The van der Waals surface area contributed by atoms with Crippen molar-refractivity contribution in [3.05, 3.63) is 24.3 Å². The zero-order chi connectivity index (χ0) is 13.1. The standard InChI is InChI=1S/C12H19N3O2/c1-12(14,11(13)16)8-15(2)9-4-6-10(17-3)7-5-9/h4-7H,8,14H2,1-3H3,(H2,13,16). The fourth-order valence-electron chi connectivity index (χ4n) is 1.50. The van der Waals surface area contributed by atoms with E-state index in [1.807, 2.05) is 36.2 Å². The van der Waals surface area contributed by atoms with Crippen LogP contribution in [0.15, 0.2) is 24.3 Å². The first kappa shape index (κ1) is 13.3. The Balaban J connectivity index is 2.76. The fraction of sp³-hybridized carbons (Fsp3) is 0.417. The third kappa shape index (κ3) is 3.35. The molecule has 0 spiro atoms. The lowest BCUT2D eigenvalue weighted by molar-refractivity contribution is -0.122. The number of primary amides is 1. The maximum absolute atomic E-state index is 11.1. The molecule has 1 aromatic carbocycles. The maximum Gasteiger partial charge on any atom is 0.239 e. The van der Waals surface area contributed by atoms with Crippen LogP contribution in [-0.2, 0) is 4.79 Å². The van der Waals surface area contributed by atoms with E-state index in [4.69, 9.17) is 16.2 Å². The number of carbonyl (C=O) groups excluding carboxylic acids is 1. The molecule has 0 aliphatic heterocycles. The lowest BCUT2D eigenvalue weighted by atomic mass is 10.0. The van der Waals surface area contributed by atoms with Gasteiger partial charge in [0.25, 0.3) is 0 Å². The van der Waals surface area contributed by atoms with Crippen molar-refractivity contribution in [2.75, 3.05) is 25.6 Å². The summed E-state index contributed by atoms with van der Waals surface area (Å²) in [6.07, 6.45) is 0. The van der Waals surface area contributed by atoms with Gasteiger partial charge in [-0.25, -0.2) is 0 Å². The minimum absolute atomic E-state index is 0.356. The highest BCUT2D eigenvalue weighted by Crippen LogP contribution is 2.19. The average Bonchev–Trinajstić information content (AvgIpc) is 2.28. The molecule has 5 heteroatoms. The smallest absolute Gasteiger partial charge is 0.239 e. The molecule has 4 N–H and O–H groups in total. The van der Waals surface area contributed by atoms with Crippen LogP contribution >= 0.6 is 0 Å². The van der Waals surface area contributed by atoms with Crippen molar-refractivity contribution < 1.29 is 9.53 Å². The molecular formula is C12H19N3O2. The van der Waals surface area contributed by atoms with E-state index < -0.39 is 11.4 Å². The van der Waals surface area contributed by atoms with Gasteiger partial charge in [-0.3, -0.25) is 4.79 Å². The molecule has 1 amide bonds. The SMILES string of the molecule is COc1ccc(N(C)CC(C)(N)C(N)=O)cc1. The Hall–Kier alpha value is -1.75. The zero-order valence-electron chi connectivity index (χ0n) is 10.4. The van der Waals surface area contributed by atoms with Gasteiger partial charge in [-0.1, -0.05) is 0 Å². The number of rotatable bonds is 5. The molecular weight excluding hydrogens is 218 g/mol. The van der Waals surface area contributed by atoms with Gasteiger partial charge in [-0.2, -0.15) is 0 Å². The molecule has 0 aromatic heterocycles.